The number of hydrogen-bond acceptors (Lipinski definition) is 7. The molecule has 0 aliphatic carbocycles. The molecule has 0 saturated carbocycles. The molecule has 0 aromatic heterocycles. The standard InChI is InChI=1S/C40H40N2O4S2/c1-3-28-27-41-23-21-29(28)25-36(41)37(46-39(48)45-32-17-11-6-12-18-32)40(30-13-7-4-8-14-30)22-24-42(35-20-19-33(43-2)26-34(35)40)38(47)44-31-15-9-5-10-16-31/h3-20,26,28-29,36-37H,1,21-25,27H2,2H3/t28?,29?,36-,37-,40-/m0/s1. The van der Waals surface area contributed by atoms with Gasteiger partial charge >= 0.3 is 5.24 Å². The van der Waals surface area contributed by atoms with Crippen molar-refractivity contribution in [3.8, 4) is 17.2 Å². The molecule has 6 atom stereocenters. The molecule has 3 unspecified atom stereocenters. The molecular weight excluding hydrogens is 637 g/mol. The Kier molecular flexibility index (Phi) is 9.48. The van der Waals surface area contributed by atoms with Gasteiger partial charge in [0.05, 0.1) is 12.5 Å². The number of nitrogens with zero attached hydrogens (tertiary/aromatic N) is 2. The summed E-state index contributed by atoms with van der Waals surface area (Å²) in [6.45, 7) is 6.74. The summed E-state index contributed by atoms with van der Waals surface area (Å²) in [5.74, 6) is 3.08. The molecule has 0 radical (unpaired) electrons. The molecule has 4 aliphatic rings. The van der Waals surface area contributed by atoms with E-state index in [1.807, 2.05) is 66.7 Å². The van der Waals surface area contributed by atoms with E-state index in [1.165, 1.54) is 0 Å². The van der Waals surface area contributed by atoms with Crippen LogP contribution in [0.5, 0.6) is 17.2 Å². The summed E-state index contributed by atoms with van der Waals surface area (Å²) in [5.41, 5.74) is 2.51. The Labute approximate surface area is 293 Å². The number of methoxy groups -OCH3 is 1. The summed E-state index contributed by atoms with van der Waals surface area (Å²) in [6.07, 6.45) is 4.55. The first-order valence-corrected chi connectivity index (χ1v) is 17.4. The van der Waals surface area contributed by atoms with E-state index in [0.717, 1.165) is 48.5 Å². The van der Waals surface area contributed by atoms with Gasteiger partial charge in [-0.2, -0.15) is 0 Å². The minimum absolute atomic E-state index is 0.0793. The molecule has 8 heteroatoms. The lowest BCUT2D eigenvalue weighted by Crippen LogP contribution is -2.64. The Bertz CT molecular complexity index is 1760. The third-order valence-corrected chi connectivity index (χ3v) is 10.8. The van der Waals surface area contributed by atoms with Crippen molar-refractivity contribution in [1.29, 1.82) is 0 Å². The van der Waals surface area contributed by atoms with Crippen molar-refractivity contribution in [3.63, 3.8) is 0 Å². The second-order valence-electron chi connectivity index (χ2n) is 12.8. The van der Waals surface area contributed by atoms with Gasteiger partial charge in [-0.3, -0.25) is 4.90 Å². The van der Waals surface area contributed by atoms with E-state index in [2.05, 4.69) is 64.9 Å². The smallest absolute Gasteiger partial charge is 0.358 e. The van der Waals surface area contributed by atoms with E-state index in [9.17, 15) is 0 Å². The predicted molar refractivity (Wildman–Crippen MR) is 198 cm³/mol. The number of fused-ring (bicyclic) bond motifs is 4. The second kappa shape index (κ2) is 14.1. The summed E-state index contributed by atoms with van der Waals surface area (Å²) in [7, 11) is 1.70. The molecule has 4 aliphatic heterocycles. The van der Waals surface area contributed by atoms with Crippen LogP contribution in [0.15, 0.2) is 122 Å². The molecule has 0 spiro atoms. The molecule has 8 rings (SSSR count). The predicted octanol–water partition coefficient (Wildman–Crippen LogP) is 8.20. The number of thiocarbonyl (C=S) groups is 2. The van der Waals surface area contributed by atoms with Crippen LogP contribution < -0.4 is 19.1 Å². The maximum atomic E-state index is 7.05. The van der Waals surface area contributed by atoms with Crippen molar-refractivity contribution in [3.05, 3.63) is 133 Å². The van der Waals surface area contributed by atoms with Crippen molar-refractivity contribution in [2.45, 2.75) is 36.8 Å². The second-order valence-corrected chi connectivity index (χ2v) is 13.4. The van der Waals surface area contributed by atoms with Crippen LogP contribution in [0.1, 0.15) is 30.4 Å². The highest BCUT2D eigenvalue weighted by Gasteiger charge is 2.56. The highest BCUT2D eigenvalue weighted by atomic mass is 32.1. The van der Waals surface area contributed by atoms with Gasteiger partial charge in [0.1, 0.15) is 23.4 Å². The van der Waals surface area contributed by atoms with Gasteiger partial charge in [-0.05, 0) is 103 Å². The zero-order valence-corrected chi connectivity index (χ0v) is 28.7. The van der Waals surface area contributed by atoms with Crippen LogP contribution in [-0.2, 0) is 10.2 Å². The summed E-state index contributed by atoms with van der Waals surface area (Å²) in [5, 5.41) is 0.503. The minimum atomic E-state index is -0.639. The van der Waals surface area contributed by atoms with E-state index >= 15 is 0 Å². The maximum Gasteiger partial charge on any atom is 0.358 e. The SMILES string of the molecule is C=CC1CN2CCC1C[C@H]2[C@H](OC(=S)Oc1ccccc1)[C@]1(c2ccccc2)CCN(C(=S)Oc2ccccc2)c2ccc(OC)cc21. The molecule has 4 heterocycles. The topological polar surface area (TPSA) is 43.4 Å². The molecule has 0 amide bonds. The number of anilines is 1. The molecule has 4 aromatic carbocycles. The van der Waals surface area contributed by atoms with Gasteiger partial charge in [0.15, 0.2) is 0 Å². The number of hydrogen-bond donors (Lipinski definition) is 0. The lowest BCUT2D eigenvalue weighted by atomic mass is 9.61. The Morgan fingerprint density at radius 3 is 2.15 bits per heavy atom. The molecule has 0 N–H and O–H groups in total. The summed E-state index contributed by atoms with van der Waals surface area (Å²) in [4.78, 5) is 4.68. The van der Waals surface area contributed by atoms with Gasteiger partial charge in [0.2, 0.25) is 0 Å². The average molecular weight is 677 g/mol. The van der Waals surface area contributed by atoms with E-state index in [-0.39, 0.29) is 17.4 Å². The van der Waals surface area contributed by atoms with Crippen LogP contribution in [-0.4, -0.2) is 54.2 Å². The summed E-state index contributed by atoms with van der Waals surface area (Å²) >= 11 is 11.9. The molecule has 4 aromatic rings. The zero-order valence-electron chi connectivity index (χ0n) is 27.1. The van der Waals surface area contributed by atoms with Crippen LogP contribution in [0.2, 0.25) is 0 Å². The fourth-order valence-electron chi connectivity index (χ4n) is 8.02. The van der Waals surface area contributed by atoms with Gasteiger partial charge in [-0.25, -0.2) is 0 Å². The first-order chi connectivity index (χ1) is 23.5. The molecular formula is C40H40N2O4S2. The Morgan fingerprint density at radius 2 is 1.52 bits per heavy atom. The number of ether oxygens (including phenoxy) is 4. The van der Waals surface area contributed by atoms with Crippen molar-refractivity contribution >= 4 is 40.5 Å². The first-order valence-electron chi connectivity index (χ1n) is 16.6. The number of rotatable bonds is 8. The van der Waals surface area contributed by atoms with Gasteiger partial charge in [0.25, 0.3) is 5.17 Å². The normalized spacial score (nSPS) is 24.9. The van der Waals surface area contributed by atoms with Gasteiger partial charge in [-0.1, -0.05) is 72.8 Å². The fourth-order valence-corrected chi connectivity index (χ4v) is 8.51. The third kappa shape index (κ3) is 6.20. The van der Waals surface area contributed by atoms with E-state index in [4.69, 9.17) is 43.4 Å². The number of para-hydroxylation sites is 2. The zero-order chi connectivity index (χ0) is 33.1. The highest BCUT2D eigenvalue weighted by molar-refractivity contribution is 7.80. The molecule has 48 heavy (non-hydrogen) atoms. The monoisotopic (exact) mass is 676 g/mol. The van der Waals surface area contributed by atoms with Crippen LogP contribution in [0.25, 0.3) is 0 Å². The lowest BCUT2D eigenvalue weighted by Gasteiger charge is -2.56. The first kappa shape index (κ1) is 32.3. The summed E-state index contributed by atoms with van der Waals surface area (Å²) < 4.78 is 25.4. The molecule has 246 valence electrons. The highest BCUT2D eigenvalue weighted by Crippen LogP contribution is 2.53. The summed E-state index contributed by atoms with van der Waals surface area (Å²) in [6, 6.07) is 36.2. The van der Waals surface area contributed by atoms with E-state index in [1.54, 1.807) is 7.11 Å². The van der Waals surface area contributed by atoms with Crippen molar-refractivity contribution in [2.24, 2.45) is 11.8 Å². The Hall–Kier alpha value is -4.24. The average Bonchev–Trinajstić information content (AvgIpc) is 3.14. The van der Waals surface area contributed by atoms with Crippen molar-refractivity contribution < 1.29 is 18.9 Å². The fraction of sp³-hybridized carbons (Fsp3) is 0.300. The Morgan fingerprint density at radius 1 is 0.854 bits per heavy atom. The van der Waals surface area contributed by atoms with Gasteiger partial charge in [0, 0.05) is 37.0 Å². The van der Waals surface area contributed by atoms with Crippen molar-refractivity contribution in [2.75, 3.05) is 31.6 Å². The Balaban J connectivity index is 1.37. The molecule has 3 saturated heterocycles. The quantitative estimate of drug-likeness (QED) is 0.137. The number of piperidine rings is 3. The molecule has 6 nitrogen and oxygen atoms in total. The van der Waals surface area contributed by atoms with Crippen LogP contribution in [0.3, 0.4) is 0 Å². The molecule has 3 fully saturated rings. The van der Waals surface area contributed by atoms with Crippen molar-refractivity contribution in [1.82, 2.24) is 4.90 Å². The molecule has 2 bridgehead atoms. The minimum Gasteiger partial charge on any atom is -0.497 e. The number of benzene rings is 4. The lowest BCUT2D eigenvalue weighted by molar-refractivity contribution is -0.0656. The maximum absolute atomic E-state index is 7.05. The third-order valence-electron chi connectivity index (χ3n) is 10.3. The largest absolute Gasteiger partial charge is 0.497 e. The van der Waals surface area contributed by atoms with E-state index in [0.29, 0.717) is 41.5 Å². The van der Waals surface area contributed by atoms with E-state index < -0.39 is 5.41 Å². The van der Waals surface area contributed by atoms with Crippen LogP contribution >= 0.6 is 24.4 Å². The van der Waals surface area contributed by atoms with Gasteiger partial charge < -0.3 is 23.8 Å². The van der Waals surface area contributed by atoms with Gasteiger partial charge in [-0.15, -0.1) is 6.58 Å². The van der Waals surface area contributed by atoms with Crippen LogP contribution in [0, 0.1) is 11.8 Å². The van der Waals surface area contributed by atoms with Crippen LogP contribution in [0.4, 0.5) is 5.69 Å².